The Hall–Kier alpha value is -2.01. The van der Waals surface area contributed by atoms with Gasteiger partial charge in [0.2, 0.25) is 0 Å². The molecule has 1 unspecified atom stereocenters. The van der Waals surface area contributed by atoms with Crippen molar-refractivity contribution in [1.82, 2.24) is 15.1 Å². The van der Waals surface area contributed by atoms with Gasteiger partial charge in [-0.1, -0.05) is 19.1 Å². The fourth-order valence-electron chi connectivity index (χ4n) is 2.65. The third kappa shape index (κ3) is 2.74. The van der Waals surface area contributed by atoms with Gasteiger partial charge < -0.3 is 14.8 Å². The lowest BCUT2D eigenvalue weighted by atomic mass is 10.0. The maximum atomic E-state index is 5.86. The van der Waals surface area contributed by atoms with Crippen LogP contribution in [0, 0.1) is 0 Å². The third-order valence-corrected chi connectivity index (χ3v) is 3.66. The molecule has 2 heterocycles. The zero-order valence-electron chi connectivity index (χ0n) is 12.5. The SMILES string of the molecule is CCCNC(c1cccc2c1OCCO2)c1ccnn1C. The van der Waals surface area contributed by atoms with Crippen molar-refractivity contribution in [3.8, 4) is 11.5 Å². The highest BCUT2D eigenvalue weighted by Crippen LogP contribution is 2.38. The van der Waals surface area contributed by atoms with Crippen LogP contribution in [0.25, 0.3) is 0 Å². The summed E-state index contributed by atoms with van der Waals surface area (Å²) >= 11 is 0. The van der Waals surface area contributed by atoms with Crippen molar-refractivity contribution in [2.75, 3.05) is 19.8 Å². The first-order chi connectivity index (χ1) is 10.3. The molecule has 1 aliphatic rings. The summed E-state index contributed by atoms with van der Waals surface area (Å²) in [6.07, 6.45) is 2.89. The number of benzene rings is 1. The predicted octanol–water partition coefficient (Wildman–Crippen LogP) is 2.28. The molecule has 1 aliphatic heterocycles. The van der Waals surface area contributed by atoms with E-state index in [0.717, 1.165) is 35.7 Å². The van der Waals surface area contributed by atoms with Gasteiger partial charge in [0.15, 0.2) is 11.5 Å². The van der Waals surface area contributed by atoms with Gasteiger partial charge in [0.1, 0.15) is 13.2 Å². The monoisotopic (exact) mass is 287 g/mol. The molecule has 5 heteroatoms. The molecule has 0 aliphatic carbocycles. The molecule has 1 atom stereocenters. The standard InChI is InChI=1S/C16H21N3O2/c1-3-8-17-15(13-7-9-18-19(13)2)12-5-4-6-14-16(12)21-11-10-20-14/h4-7,9,15,17H,3,8,10-11H2,1-2H3. The van der Waals surface area contributed by atoms with Gasteiger partial charge in [-0.15, -0.1) is 0 Å². The largest absolute Gasteiger partial charge is 0.486 e. The van der Waals surface area contributed by atoms with E-state index in [1.54, 1.807) is 0 Å². The average Bonchev–Trinajstić information content (AvgIpc) is 2.94. The second-order valence-corrected chi connectivity index (χ2v) is 5.14. The molecule has 1 aromatic heterocycles. The Labute approximate surface area is 124 Å². The molecular weight excluding hydrogens is 266 g/mol. The molecule has 2 aromatic rings. The lowest BCUT2D eigenvalue weighted by Crippen LogP contribution is -2.27. The Kier molecular flexibility index (Phi) is 4.10. The van der Waals surface area contributed by atoms with Crippen LogP contribution in [0.2, 0.25) is 0 Å². The predicted molar refractivity (Wildman–Crippen MR) is 80.8 cm³/mol. The van der Waals surface area contributed by atoms with Gasteiger partial charge in [-0.25, -0.2) is 0 Å². The summed E-state index contributed by atoms with van der Waals surface area (Å²) in [5.41, 5.74) is 2.22. The minimum absolute atomic E-state index is 0.0501. The van der Waals surface area contributed by atoms with Gasteiger partial charge in [0.25, 0.3) is 0 Å². The Morgan fingerprint density at radius 1 is 1.29 bits per heavy atom. The number of hydrogen-bond donors (Lipinski definition) is 1. The van der Waals surface area contributed by atoms with Crippen LogP contribution in [0.5, 0.6) is 11.5 Å². The zero-order valence-corrected chi connectivity index (χ0v) is 12.5. The van der Waals surface area contributed by atoms with E-state index in [2.05, 4.69) is 23.4 Å². The van der Waals surface area contributed by atoms with Crippen LogP contribution in [-0.2, 0) is 7.05 Å². The summed E-state index contributed by atoms with van der Waals surface area (Å²) in [6.45, 7) is 4.29. The molecule has 3 rings (SSSR count). The number of aryl methyl sites for hydroxylation is 1. The minimum atomic E-state index is 0.0501. The molecule has 0 fully saturated rings. The first-order valence-corrected chi connectivity index (χ1v) is 7.41. The Balaban J connectivity index is 2.02. The number of rotatable bonds is 5. The van der Waals surface area contributed by atoms with Crippen molar-refractivity contribution in [2.24, 2.45) is 7.05 Å². The van der Waals surface area contributed by atoms with Crippen LogP contribution >= 0.6 is 0 Å². The number of nitrogens with one attached hydrogen (secondary N) is 1. The summed E-state index contributed by atoms with van der Waals surface area (Å²) in [5.74, 6) is 1.67. The first-order valence-electron chi connectivity index (χ1n) is 7.41. The van der Waals surface area contributed by atoms with Crippen molar-refractivity contribution < 1.29 is 9.47 Å². The van der Waals surface area contributed by atoms with E-state index in [0.29, 0.717) is 13.2 Å². The molecule has 112 valence electrons. The van der Waals surface area contributed by atoms with Crippen LogP contribution in [0.1, 0.15) is 30.6 Å². The van der Waals surface area contributed by atoms with Crippen molar-refractivity contribution in [1.29, 1.82) is 0 Å². The highest BCUT2D eigenvalue weighted by Gasteiger charge is 2.24. The minimum Gasteiger partial charge on any atom is -0.486 e. The number of nitrogens with zero attached hydrogens (tertiary/aromatic N) is 2. The molecule has 21 heavy (non-hydrogen) atoms. The van der Waals surface area contributed by atoms with Crippen LogP contribution < -0.4 is 14.8 Å². The number of aromatic nitrogens is 2. The second-order valence-electron chi connectivity index (χ2n) is 5.14. The average molecular weight is 287 g/mol. The maximum absolute atomic E-state index is 5.86. The number of para-hydroxylation sites is 1. The number of ether oxygens (including phenoxy) is 2. The van der Waals surface area contributed by atoms with E-state index in [4.69, 9.17) is 9.47 Å². The van der Waals surface area contributed by atoms with Gasteiger partial charge in [0, 0.05) is 18.8 Å². The summed E-state index contributed by atoms with van der Waals surface area (Å²) in [7, 11) is 1.96. The Morgan fingerprint density at radius 2 is 2.14 bits per heavy atom. The fraction of sp³-hybridized carbons (Fsp3) is 0.438. The summed E-state index contributed by atoms with van der Waals surface area (Å²) in [6, 6.07) is 8.15. The van der Waals surface area contributed by atoms with Crippen molar-refractivity contribution in [3.63, 3.8) is 0 Å². The van der Waals surface area contributed by atoms with Gasteiger partial charge in [-0.2, -0.15) is 5.10 Å². The molecule has 0 saturated heterocycles. The van der Waals surface area contributed by atoms with E-state index < -0.39 is 0 Å². The molecule has 0 amide bonds. The topological polar surface area (TPSA) is 48.3 Å². The van der Waals surface area contributed by atoms with Gasteiger partial charge in [-0.3, -0.25) is 4.68 Å². The molecule has 0 saturated carbocycles. The van der Waals surface area contributed by atoms with E-state index in [-0.39, 0.29) is 6.04 Å². The summed E-state index contributed by atoms with van der Waals surface area (Å²) in [5, 5.41) is 7.87. The lowest BCUT2D eigenvalue weighted by molar-refractivity contribution is 0.169. The van der Waals surface area contributed by atoms with Crippen LogP contribution in [0.15, 0.2) is 30.5 Å². The first kappa shape index (κ1) is 13.9. The molecule has 1 aromatic carbocycles. The smallest absolute Gasteiger partial charge is 0.166 e. The molecular formula is C16H21N3O2. The lowest BCUT2D eigenvalue weighted by Gasteiger charge is -2.26. The van der Waals surface area contributed by atoms with E-state index >= 15 is 0 Å². The summed E-state index contributed by atoms with van der Waals surface area (Å²) < 4.78 is 13.4. The number of fused-ring (bicyclic) bond motifs is 1. The molecule has 1 N–H and O–H groups in total. The molecule has 0 spiro atoms. The number of hydrogen-bond acceptors (Lipinski definition) is 4. The van der Waals surface area contributed by atoms with E-state index in [1.807, 2.05) is 36.1 Å². The quantitative estimate of drug-likeness (QED) is 0.916. The Bertz CT molecular complexity index is 609. The zero-order chi connectivity index (χ0) is 14.7. The van der Waals surface area contributed by atoms with Crippen LogP contribution in [0.4, 0.5) is 0 Å². The van der Waals surface area contributed by atoms with Crippen molar-refractivity contribution >= 4 is 0 Å². The van der Waals surface area contributed by atoms with Crippen LogP contribution in [0.3, 0.4) is 0 Å². The Morgan fingerprint density at radius 3 is 2.90 bits per heavy atom. The van der Waals surface area contributed by atoms with E-state index in [1.165, 1.54) is 0 Å². The van der Waals surface area contributed by atoms with Gasteiger partial charge in [-0.05, 0) is 25.1 Å². The second kappa shape index (κ2) is 6.18. The maximum Gasteiger partial charge on any atom is 0.166 e. The van der Waals surface area contributed by atoms with E-state index in [9.17, 15) is 0 Å². The summed E-state index contributed by atoms with van der Waals surface area (Å²) in [4.78, 5) is 0. The molecule has 0 bridgehead atoms. The fourth-order valence-corrected chi connectivity index (χ4v) is 2.65. The highest BCUT2D eigenvalue weighted by molar-refractivity contribution is 5.50. The van der Waals surface area contributed by atoms with Gasteiger partial charge >= 0.3 is 0 Å². The molecule has 5 nitrogen and oxygen atoms in total. The normalized spacial score (nSPS) is 15.0. The molecule has 0 radical (unpaired) electrons. The highest BCUT2D eigenvalue weighted by atomic mass is 16.6. The third-order valence-electron chi connectivity index (χ3n) is 3.66. The van der Waals surface area contributed by atoms with Crippen molar-refractivity contribution in [3.05, 3.63) is 41.7 Å². The van der Waals surface area contributed by atoms with Crippen LogP contribution in [-0.4, -0.2) is 29.5 Å². The van der Waals surface area contributed by atoms with Gasteiger partial charge in [0.05, 0.1) is 11.7 Å². The van der Waals surface area contributed by atoms with Crippen molar-refractivity contribution in [2.45, 2.75) is 19.4 Å².